The molecule has 14 heavy (non-hydrogen) atoms. The fourth-order valence-electron chi connectivity index (χ4n) is 1.21. The molecular weight excluding hydrogens is 194 g/mol. The van der Waals surface area contributed by atoms with Gasteiger partial charge in [0.05, 0.1) is 0 Å². The Bertz CT molecular complexity index is 256. The number of hydrogen-bond donors (Lipinski definition) is 1. The molecule has 0 fully saturated rings. The van der Waals surface area contributed by atoms with E-state index >= 15 is 0 Å². The first-order valence-electron chi connectivity index (χ1n) is 5.12. The standard InChI is InChI=1S/C11H17NOS/c1-2-3-6-11(13)12-8-7-10-5-4-9-14-10/h4-5,9H,2-3,6-8H2,1H3,(H,12,13). The molecule has 0 radical (unpaired) electrons. The monoisotopic (exact) mass is 211 g/mol. The highest BCUT2D eigenvalue weighted by molar-refractivity contribution is 7.09. The van der Waals surface area contributed by atoms with Crippen LogP contribution in [0.5, 0.6) is 0 Å². The summed E-state index contributed by atoms with van der Waals surface area (Å²) < 4.78 is 0. The minimum atomic E-state index is 0.184. The van der Waals surface area contributed by atoms with Crippen molar-refractivity contribution in [3.63, 3.8) is 0 Å². The van der Waals surface area contributed by atoms with Gasteiger partial charge in [-0.3, -0.25) is 4.79 Å². The van der Waals surface area contributed by atoms with E-state index in [1.165, 1.54) is 4.88 Å². The topological polar surface area (TPSA) is 29.1 Å². The maximum absolute atomic E-state index is 11.2. The molecule has 0 saturated heterocycles. The molecule has 1 rings (SSSR count). The molecular formula is C11H17NOS. The average Bonchev–Trinajstić information content (AvgIpc) is 2.67. The second kappa shape index (κ2) is 6.60. The van der Waals surface area contributed by atoms with E-state index in [2.05, 4.69) is 23.7 Å². The molecule has 0 aliphatic heterocycles. The molecule has 1 heterocycles. The van der Waals surface area contributed by atoms with Crippen LogP contribution >= 0.6 is 11.3 Å². The fraction of sp³-hybridized carbons (Fsp3) is 0.545. The van der Waals surface area contributed by atoms with Crippen LogP contribution in [0.2, 0.25) is 0 Å². The summed E-state index contributed by atoms with van der Waals surface area (Å²) in [5, 5.41) is 4.99. The Labute approximate surface area is 89.3 Å². The van der Waals surface area contributed by atoms with Crippen molar-refractivity contribution in [2.24, 2.45) is 0 Å². The van der Waals surface area contributed by atoms with Crippen LogP contribution in [-0.4, -0.2) is 12.5 Å². The first-order valence-corrected chi connectivity index (χ1v) is 6.00. The highest BCUT2D eigenvalue weighted by atomic mass is 32.1. The van der Waals surface area contributed by atoms with E-state index in [9.17, 15) is 4.79 Å². The van der Waals surface area contributed by atoms with Crippen LogP contribution < -0.4 is 5.32 Å². The van der Waals surface area contributed by atoms with Gasteiger partial charge in [0.25, 0.3) is 0 Å². The van der Waals surface area contributed by atoms with Gasteiger partial charge in [-0.25, -0.2) is 0 Å². The molecule has 1 aromatic heterocycles. The van der Waals surface area contributed by atoms with Crippen LogP contribution in [0.15, 0.2) is 17.5 Å². The highest BCUT2D eigenvalue weighted by Crippen LogP contribution is 2.08. The van der Waals surface area contributed by atoms with E-state index in [0.29, 0.717) is 6.42 Å². The van der Waals surface area contributed by atoms with Gasteiger partial charge >= 0.3 is 0 Å². The molecule has 1 N–H and O–H groups in total. The summed E-state index contributed by atoms with van der Waals surface area (Å²) in [5.41, 5.74) is 0. The van der Waals surface area contributed by atoms with E-state index in [1.54, 1.807) is 11.3 Å². The van der Waals surface area contributed by atoms with Gasteiger partial charge in [-0.05, 0) is 24.3 Å². The molecule has 1 aromatic rings. The van der Waals surface area contributed by atoms with Crippen molar-refractivity contribution in [2.45, 2.75) is 32.6 Å². The van der Waals surface area contributed by atoms with Crippen molar-refractivity contribution >= 4 is 17.2 Å². The van der Waals surface area contributed by atoms with Crippen LogP contribution in [0, 0.1) is 0 Å². The number of rotatable bonds is 6. The number of carbonyl (C=O) groups is 1. The van der Waals surface area contributed by atoms with Crippen LogP contribution in [-0.2, 0) is 11.2 Å². The van der Waals surface area contributed by atoms with Crippen molar-refractivity contribution in [3.8, 4) is 0 Å². The lowest BCUT2D eigenvalue weighted by atomic mass is 10.2. The maximum Gasteiger partial charge on any atom is 0.220 e. The fourth-order valence-corrected chi connectivity index (χ4v) is 1.91. The molecule has 1 amide bonds. The van der Waals surface area contributed by atoms with Crippen LogP contribution in [0.4, 0.5) is 0 Å². The van der Waals surface area contributed by atoms with Crippen LogP contribution in [0.1, 0.15) is 31.1 Å². The molecule has 0 aliphatic rings. The lowest BCUT2D eigenvalue weighted by molar-refractivity contribution is -0.121. The Hall–Kier alpha value is -0.830. The summed E-state index contributed by atoms with van der Waals surface area (Å²) in [6.45, 7) is 2.86. The zero-order chi connectivity index (χ0) is 10.2. The number of unbranched alkanes of at least 4 members (excludes halogenated alkanes) is 1. The first-order chi connectivity index (χ1) is 6.83. The molecule has 0 saturated carbocycles. The largest absolute Gasteiger partial charge is 0.356 e. The first kappa shape index (κ1) is 11.2. The van der Waals surface area contributed by atoms with Gasteiger partial charge in [-0.2, -0.15) is 0 Å². The van der Waals surface area contributed by atoms with E-state index < -0.39 is 0 Å². The molecule has 3 heteroatoms. The second-order valence-corrected chi connectivity index (χ2v) is 4.32. The quantitative estimate of drug-likeness (QED) is 0.770. The van der Waals surface area contributed by atoms with E-state index in [1.807, 2.05) is 6.07 Å². The van der Waals surface area contributed by atoms with Crippen molar-refractivity contribution in [3.05, 3.63) is 22.4 Å². The van der Waals surface area contributed by atoms with Gasteiger partial charge < -0.3 is 5.32 Å². The third-order valence-corrected chi connectivity index (χ3v) is 2.97. The Morgan fingerprint density at radius 3 is 3.07 bits per heavy atom. The van der Waals surface area contributed by atoms with E-state index in [0.717, 1.165) is 25.8 Å². The molecule has 0 spiro atoms. The lowest BCUT2D eigenvalue weighted by Gasteiger charge is -2.02. The van der Waals surface area contributed by atoms with Crippen LogP contribution in [0.3, 0.4) is 0 Å². The Morgan fingerprint density at radius 1 is 1.57 bits per heavy atom. The zero-order valence-corrected chi connectivity index (χ0v) is 9.40. The van der Waals surface area contributed by atoms with Gasteiger partial charge in [0.15, 0.2) is 0 Å². The summed E-state index contributed by atoms with van der Waals surface area (Å²) in [4.78, 5) is 12.6. The summed E-state index contributed by atoms with van der Waals surface area (Å²) in [5.74, 6) is 0.184. The van der Waals surface area contributed by atoms with Crippen LogP contribution in [0.25, 0.3) is 0 Å². The molecule has 0 bridgehead atoms. The molecule has 78 valence electrons. The molecule has 2 nitrogen and oxygen atoms in total. The summed E-state index contributed by atoms with van der Waals surface area (Å²) in [7, 11) is 0. The molecule has 0 atom stereocenters. The number of thiophene rings is 1. The van der Waals surface area contributed by atoms with Gasteiger partial charge in [-0.15, -0.1) is 11.3 Å². The molecule has 0 aliphatic carbocycles. The normalized spacial score (nSPS) is 10.1. The maximum atomic E-state index is 11.2. The Kier molecular flexibility index (Phi) is 5.30. The van der Waals surface area contributed by atoms with Crippen molar-refractivity contribution in [1.29, 1.82) is 0 Å². The van der Waals surface area contributed by atoms with Gasteiger partial charge in [0, 0.05) is 17.8 Å². The third kappa shape index (κ3) is 4.42. The Morgan fingerprint density at radius 2 is 2.43 bits per heavy atom. The van der Waals surface area contributed by atoms with Gasteiger partial charge in [-0.1, -0.05) is 19.4 Å². The minimum Gasteiger partial charge on any atom is -0.356 e. The van der Waals surface area contributed by atoms with E-state index in [-0.39, 0.29) is 5.91 Å². The summed E-state index contributed by atoms with van der Waals surface area (Å²) in [6.07, 6.45) is 3.69. The third-order valence-electron chi connectivity index (χ3n) is 2.03. The minimum absolute atomic E-state index is 0.184. The van der Waals surface area contributed by atoms with E-state index in [4.69, 9.17) is 0 Å². The van der Waals surface area contributed by atoms with Crippen molar-refractivity contribution in [1.82, 2.24) is 5.32 Å². The van der Waals surface area contributed by atoms with Gasteiger partial charge in [0.2, 0.25) is 5.91 Å². The predicted octanol–water partition coefficient (Wildman–Crippen LogP) is 2.60. The average molecular weight is 211 g/mol. The molecule has 0 aromatic carbocycles. The lowest BCUT2D eigenvalue weighted by Crippen LogP contribution is -2.24. The summed E-state index contributed by atoms with van der Waals surface area (Å²) in [6, 6.07) is 4.14. The van der Waals surface area contributed by atoms with Crippen molar-refractivity contribution in [2.75, 3.05) is 6.54 Å². The Balaban J connectivity index is 2.06. The second-order valence-electron chi connectivity index (χ2n) is 3.28. The highest BCUT2D eigenvalue weighted by Gasteiger charge is 1.99. The number of carbonyl (C=O) groups excluding carboxylic acids is 1. The smallest absolute Gasteiger partial charge is 0.220 e. The predicted molar refractivity (Wildman–Crippen MR) is 60.6 cm³/mol. The molecule has 0 unspecified atom stereocenters. The summed E-state index contributed by atoms with van der Waals surface area (Å²) >= 11 is 1.74. The number of hydrogen-bond acceptors (Lipinski definition) is 2. The number of amides is 1. The van der Waals surface area contributed by atoms with Gasteiger partial charge in [0.1, 0.15) is 0 Å². The number of nitrogens with one attached hydrogen (secondary N) is 1. The zero-order valence-electron chi connectivity index (χ0n) is 8.58. The van der Waals surface area contributed by atoms with Crippen molar-refractivity contribution < 1.29 is 4.79 Å². The SMILES string of the molecule is CCCCC(=O)NCCc1cccs1.